The molecule has 3 aliphatic rings. The Morgan fingerprint density at radius 2 is 1.65 bits per heavy atom. The molecule has 0 radical (unpaired) electrons. The number of hydrogen-bond acceptors (Lipinski definition) is 5. The lowest BCUT2D eigenvalue weighted by Gasteiger charge is -2.37. The Morgan fingerprint density at radius 3 is 2.35 bits per heavy atom. The summed E-state index contributed by atoms with van der Waals surface area (Å²) in [5.41, 5.74) is 2.08. The van der Waals surface area contributed by atoms with E-state index in [-0.39, 0.29) is 29.6 Å². The topological polar surface area (TPSA) is 98.7 Å². The molecule has 6 rings (SSSR count). The molecular weight excluding hydrogens is 546 g/mol. The number of thioether (sulfide) groups is 1. The van der Waals surface area contributed by atoms with Gasteiger partial charge in [-0.25, -0.2) is 0 Å². The standard InChI is InChI=1S/C31H30ClN3O4S/c32-22-13-7-8-14-23(22)34-29(38)27-31-16-15-24(40-31)25(28(37)33-20-11-5-2-6-12-20)26(31)30(39)35(27)21(18-36)17-19-9-3-1-4-10-19/h1-14,21,24-27,36H,15-18H2,(H,33,37)(H,34,38)/t21-,24+,25-,26+,27?,31?/m1/s1. The molecular formula is C31H30ClN3O4S. The summed E-state index contributed by atoms with van der Waals surface area (Å²) in [6.45, 7) is -0.311. The fourth-order valence-electron chi connectivity index (χ4n) is 6.73. The first-order chi connectivity index (χ1) is 19.4. The Bertz CT molecular complexity index is 1420. The number of aliphatic hydroxyl groups is 1. The van der Waals surface area contributed by atoms with Crippen molar-refractivity contribution in [3.63, 3.8) is 0 Å². The van der Waals surface area contributed by atoms with Gasteiger partial charge in [-0.15, -0.1) is 11.8 Å². The van der Waals surface area contributed by atoms with Crippen molar-refractivity contribution in [2.24, 2.45) is 11.8 Å². The molecule has 3 aromatic rings. The van der Waals surface area contributed by atoms with Crippen molar-refractivity contribution in [2.75, 3.05) is 17.2 Å². The maximum atomic E-state index is 14.4. The molecule has 2 bridgehead atoms. The fourth-order valence-corrected chi connectivity index (χ4v) is 9.12. The molecule has 3 aromatic carbocycles. The quantitative estimate of drug-likeness (QED) is 0.364. The molecule has 3 amide bonds. The number of rotatable bonds is 8. The maximum Gasteiger partial charge on any atom is 0.248 e. The number of nitrogens with one attached hydrogen (secondary N) is 2. The van der Waals surface area contributed by atoms with E-state index < -0.39 is 28.7 Å². The van der Waals surface area contributed by atoms with Crippen LogP contribution in [-0.2, 0) is 20.8 Å². The molecule has 7 nitrogen and oxygen atoms in total. The van der Waals surface area contributed by atoms with Gasteiger partial charge in [0.25, 0.3) is 0 Å². The highest BCUT2D eigenvalue weighted by molar-refractivity contribution is 8.02. The molecule has 0 saturated carbocycles. The van der Waals surface area contributed by atoms with Crippen LogP contribution in [-0.4, -0.2) is 56.4 Å². The van der Waals surface area contributed by atoms with E-state index in [4.69, 9.17) is 11.6 Å². The summed E-state index contributed by atoms with van der Waals surface area (Å²) in [4.78, 5) is 43.8. The van der Waals surface area contributed by atoms with Gasteiger partial charge < -0.3 is 20.6 Å². The predicted octanol–water partition coefficient (Wildman–Crippen LogP) is 4.61. The molecule has 3 saturated heterocycles. The first kappa shape index (κ1) is 26.9. The molecule has 0 aromatic heterocycles. The van der Waals surface area contributed by atoms with Gasteiger partial charge in [-0.3, -0.25) is 14.4 Å². The first-order valence-corrected chi connectivity index (χ1v) is 14.7. The number of amides is 3. The average Bonchev–Trinajstić information content (AvgIpc) is 3.61. The second-order valence-electron chi connectivity index (χ2n) is 10.7. The minimum atomic E-state index is -0.869. The van der Waals surface area contributed by atoms with E-state index in [2.05, 4.69) is 10.6 Å². The lowest BCUT2D eigenvalue weighted by Crippen LogP contribution is -2.55. The fraction of sp³-hybridized carbons (Fsp3) is 0.323. The molecule has 206 valence electrons. The van der Waals surface area contributed by atoms with Crippen LogP contribution in [0.2, 0.25) is 5.02 Å². The molecule has 2 unspecified atom stereocenters. The molecule has 9 heteroatoms. The monoisotopic (exact) mass is 575 g/mol. The highest BCUT2D eigenvalue weighted by Gasteiger charge is 2.74. The highest BCUT2D eigenvalue weighted by atomic mass is 35.5. The Morgan fingerprint density at radius 1 is 0.975 bits per heavy atom. The minimum Gasteiger partial charge on any atom is -0.394 e. The molecule has 1 spiro atoms. The van der Waals surface area contributed by atoms with Crippen LogP contribution in [0.5, 0.6) is 0 Å². The van der Waals surface area contributed by atoms with E-state index in [1.165, 1.54) is 0 Å². The SMILES string of the molecule is O=C(Nc1ccccc1Cl)C1N([C@@H](CO)Cc2ccccc2)C(=O)[C@@H]2[C@H](C(=O)Nc3ccccc3)[C@@H]3CCC12S3. The van der Waals surface area contributed by atoms with Gasteiger partial charge in [-0.2, -0.15) is 0 Å². The van der Waals surface area contributed by atoms with Gasteiger partial charge in [0.15, 0.2) is 0 Å². The lowest BCUT2D eigenvalue weighted by molar-refractivity contribution is -0.141. The summed E-state index contributed by atoms with van der Waals surface area (Å²) in [6.07, 6.45) is 1.75. The molecule has 3 fully saturated rings. The number of halogens is 1. The molecule has 3 heterocycles. The summed E-state index contributed by atoms with van der Waals surface area (Å²) in [5.74, 6) is -2.07. The number of nitrogens with zero attached hydrogens (tertiary/aromatic N) is 1. The van der Waals surface area contributed by atoms with Crippen LogP contribution >= 0.6 is 23.4 Å². The zero-order valence-electron chi connectivity index (χ0n) is 21.7. The van der Waals surface area contributed by atoms with Crippen LogP contribution in [0.15, 0.2) is 84.9 Å². The number of carbonyl (C=O) groups excluding carboxylic acids is 3. The third kappa shape index (κ3) is 4.58. The van der Waals surface area contributed by atoms with Gasteiger partial charge in [0.05, 0.1) is 39.9 Å². The van der Waals surface area contributed by atoms with Gasteiger partial charge >= 0.3 is 0 Å². The smallest absolute Gasteiger partial charge is 0.248 e. The molecule has 3 N–H and O–H groups in total. The number of anilines is 2. The summed E-state index contributed by atoms with van der Waals surface area (Å²) >= 11 is 7.96. The van der Waals surface area contributed by atoms with Gasteiger partial charge in [0.2, 0.25) is 17.7 Å². The molecule has 0 aliphatic carbocycles. The number of para-hydroxylation sites is 2. The van der Waals surface area contributed by atoms with Gasteiger partial charge in [-0.1, -0.05) is 72.3 Å². The molecule has 40 heavy (non-hydrogen) atoms. The van der Waals surface area contributed by atoms with Crippen molar-refractivity contribution in [1.29, 1.82) is 0 Å². The summed E-state index contributed by atoms with van der Waals surface area (Å²) < 4.78 is -0.782. The second-order valence-corrected chi connectivity index (χ2v) is 12.7. The summed E-state index contributed by atoms with van der Waals surface area (Å²) in [5, 5.41) is 16.8. The van der Waals surface area contributed by atoms with Crippen molar-refractivity contribution < 1.29 is 19.5 Å². The first-order valence-electron chi connectivity index (χ1n) is 13.5. The Balaban J connectivity index is 1.38. The maximum absolute atomic E-state index is 14.4. The zero-order valence-corrected chi connectivity index (χ0v) is 23.3. The van der Waals surface area contributed by atoms with Crippen LogP contribution in [0.25, 0.3) is 0 Å². The van der Waals surface area contributed by atoms with Crippen LogP contribution in [0.4, 0.5) is 11.4 Å². The van der Waals surface area contributed by atoms with Crippen LogP contribution in [0.3, 0.4) is 0 Å². The van der Waals surface area contributed by atoms with Gasteiger partial charge in [0.1, 0.15) is 6.04 Å². The minimum absolute atomic E-state index is 0.0721. The van der Waals surface area contributed by atoms with E-state index in [1.54, 1.807) is 40.9 Å². The van der Waals surface area contributed by atoms with Gasteiger partial charge in [-0.05, 0) is 49.1 Å². The van der Waals surface area contributed by atoms with Crippen LogP contribution in [0.1, 0.15) is 18.4 Å². The normalized spacial score (nSPS) is 27.4. The second kappa shape index (κ2) is 10.9. The van der Waals surface area contributed by atoms with Crippen LogP contribution in [0, 0.1) is 11.8 Å². The Hall–Kier alpha value is -3.33. The Labute approximate surface area is 242 Å². The third-order valence-electron chi connectivity index (χ3n) is 8.38. The van der Waals surface area contributed by atoms with Gasteiger partial charge in [0, 0.05) is 10.9 Å². The number of benzene rings is 3. The number of hydrogen-bond donors (Lipinski definition) is 3. The lowest BCUT2D eigenvalue weighted by atomic mass is 9.70. The van der Waals surface area contributed by atoms with E-state index in [1.807, 2.05) is 60.7 Å². The number of fused-ring (bicyclic) bond motifs is 1. The van der Waals surface area contributed by atoms with E-state index in [0.717, 1.165) is 12.0 Å². The van der Waals surface area contributed by atoms with Crippen LogP contribution < -0.4 is 10.6 Å². The Kier molecular flexibility index (Phi) is 7.33. The predicted molar refractivity (Wildman–Crippen MR) is 157 cm³/mol. The number of likely N-dealkylation sites (tertiary alicyclic amines) is 1. The number of aliphatic hydroxyl groups excluding tert-OH is 1. The van der Waals surface area contributed by atoms with E-state index in [0.29, 0.717) is 29.2 Å². The van der Waals surface area contributed by atoms with E-state index in [9.17, 15) is 19.5 Å². The molecule has 6 atom stereocenters. The van der Waals surface area contributed by atoms with Crippen molar-refractivity contribution in [3.05, 3.63) is 95.5 Å². The van der Waals surface area contributed by atoms with Crippen molar-refractivity contribution in [3.8, 4) is 0 Å². The highest BCUT2D eigenvalue weighted by Crippen LogP contribution is 2.66. The van der Waals surface area contributed by atoms with Crippen molar-refractivity contribution >= 4 is 52.5 Å². The van der Waals surface area contributed by atoms with Crippen molar-refractivity contribution in [2.45, 2.75) is 41.3 Å². The summed E-state index contributed by atoms with van der Waals surface area (Å²) in [7, 11) is 0. The average molecular weight is 576 g/mol. The largest absolute Gasteiger partial charge is 0.394 e. The van der Waals surface area contributed by atoms with E-state index >= 15 is 0 Å². The summed E-state index contributed by atoms with van der Waals surface area (Å²) in [6, 6.07) is 24.3. The third-order valence-corrected chi connectivity index (χ3v) is 10.7. The zero-order chi connectivity index (χ0) is 27.9. The van der Waals surface area contributed by atoms with Crippen molar-refractivity contribution in [1.82, 2.24) is 4.90 Å². The molecule has 3 aliphatic heterocycles. The number of carbonyl (C=O) groups is 3.